The van der Waals surface area contributed by atoms with Crippen LogP contribution in [-0.2, 0) is 14.4 Å². The lowest BCUT2D eigenvalue weighted by molar-refractivity contribution is -0.147. The monoisotopic (exact) mass is 410 g/mol. The molecule has 0 radical (unpaired) electrons. The van der Waals surface area contributed by atoms with E-state index in [1.165, 1.54) is 14.0 Å². The number of anilines is 1. The van der Waals surface area contributed by atoms with Gasteiger partial charge in [0.25, 0.3) is 0 Å². The van der Waals surface area contributed by atoms with E-state index in [0.29, 0.717) is 11.3 Å². The van der Waals surface area contributed by atoms with Crippen LogP contribution in [0, 0.1) is 18.8 Å². The summed E-state index contributed by atoms with van der Waals surface area (Å²) >= 11 is 0. The SMILES string of the molecule is COc1cccc(C2NC(C)(C(=O)O)C3C(=O)N(c4ccccc4C)C(=O)C23)c1O. The molecular formula is C22H22N2O6. The summed E-state index contributed by atoms with van der Waals surface area (Å²) < 4.78 is 5.15. The molecule has 4 rings (SSSR count). The van der Waals surface area contributed by atoms with Gasteiger partial charge in [-0.05, 0) is 31.5 Å². The van der Waals surface area contributed by atoms with Crippen LogP contribution in [0.25, 0.3) is 0 Å². The Kier molecular flexibility index (Phi) is 4.54. The Balaban J connectivity index is 1.87. The number of aryl methyl sites for hydroxylation is 1. The molecule has 2 amide bonds. The summed E-state index contributed by atoms with van der Waals surface area (Å²) in [5, 5.41) is 23.5. The van der Waals surface area contributed by atoms with Gasteiger partial charge in [0.2, 0.25) is 11.8 Å². The minimum Gasteiger partial charge on any atom is -0.504 e. The van der Waals surface area contributed by atoms with Crippen LogP contribution in [0.4, 0.5) is 5.69 Å². The van der Waals surface area contributed by atoms with Crippen LogP contribution in [0.1, 0.15) is 24.1 Å². The fourth-order valence-electron chi connectivity index (χ4n) is 4.61. The molecule has 4 unspecified atom stereocenters. The number of carbonyl (C=O) groups excluding carboxylic acids is 2. The molecular weight excluding hydrogens is 388 g/mol. The van der Waals surface area contributed by atoms with Crippen molar-refractivity contribution in [2.24, 2.45) is 11.8 Å². The van der Waals surface area contributed by atoms with Gasteiger partial charge in [-0.25, -0.2) is 4.90 Å². The summed E-state index contributed by atoms with van der Waals surface area (Å²) in [6.07, 6.45) is 0. The fourth-order valence-corrected chi connectivity index (χ4v) is 4.61. The third-order valence-corrected chi connectivity index (χ3v) is 6.17. The van der Waals surface area contributed by atoms with E-state index in [9.17, 15) is 24.6 Å². The summed E-state index contributed by atoms with van der Waals surface area (Å²) in [6.45, 7) is 3.18. The maximum absolute atomic E-state index is 13.5. The minimum absolute atomic E-state index is 0.194. The van der Waals surface area contributed by atoms with Gasteiger partial charge in [-0.15, -0.1) is 0 Å². The zero-order chi connectivity index (χ0) is 21.8. The Morgan fingerprint density at radius 3 is 2.47 bits per heavy atom. The van der Waals surface area contributed by atoms with Crippen molar-refractivity contribution in [2.45, 2.75) is 25.4 Å². The van der Waals surface area contributed by atoms with Crippen LogP contribution >= 0.6 is 0 Å². The maximum atomic E-state index is 13.5. The quantitative estimate of drug-likeness (QED) is 0.660. The Morgan fingerprint density at radius 2 is 1.83 bits per heavy atom. The molecule has 2 aliphatic heterocycles. The predicted molar refractivity (Wildman–Crippen MR) is 107 cm³/mol. The van der Waals surface area contributed by atoms with E-state index in [2.05, 4.69) is 5.32 Å². The molecule has 2 aliphatic rings. The smallest absolute Gasteiger partial charge is 0.324 e. The third kappa shape index (κ3) is 2.60. The number of hydrogen-bond donors (Lipinski definition) is 3. The van der Waals surface area contributed by atoms with Crippen LogP contribution in [0.15, 0.2) is 42.5 Å². The standard InChI is InChI=1S/C22H22N2O6/c1-11-7-4-5-9-13(11)24-19(26)15-16(20(24)27)22(2,21(28)29)23-17(15)12-8-6-10-14(30-3)18(12)25/h4-10,15-17,23,25H,1-3H3,(H,28,29). The first-order chi connectivity index (χ1) is 14.2. The van der Waals surface area contributed by atoms with Crippen molar-refractivity contribution in [1.82, 2.24) is 5.32 Å². The van der Waals surface area contributed by atoms with Crippen LogP contribution in [0.2, 0.25) is 0 Å². The number of para-hydroxylation sites is 2. The van der Waals surface area contributed by atoms with Crippen LogP contribution in [0.3, 0.4) is 0 Å². The number of phenolic OH excluding ortho intramolecular Hbond substituents is 1. The second kappa shape index (κ2) is 6.84. The molecule has 2 aromatic carbocycles. The third-order valence-electron chi connectivity index (χ3n) is 6.17. The van der Waals surface area contributed by atoms with Crippen molar-refractivity contribution in [3.05, 3.63) is 53.6 Å². The average molecular weight is 410 g/mol. The molecule has 156 valence electrons. The van der Waals surface area contributed by atoms with E-state index in [-0.39, 0.29) is 11.5 Å². The van der Waals surface area contributed by atoms with E-state index in [0.717, 1.165) is 10.5 Å². The number of carboxylic acids is 1. The molecule has 2 aromatic rings. The van der Waals surface area contributed by atoms with Crippen molar-refractivity contribution < 1.29 is 29.3 Å². The predicted octanol–water partition coefficient (Wildman–Crippen LogP) is 2.00. The van der Waals surface area contributed by atoms with E-state index in [4.69, 9.17) is 4.74 Å². The molecule has 8 nitrogen and oxygen atoms in total. The summed E-state index contributed by atoms with van der Waals surface area (Å²) in [7, 11) is 1.40. The minimum atomic E-state index is -1.69. The molecule has 0 aliphatic carbocycles. The number of benzene rings is 2. The summed E-state index contributed by atoms with van der Waals surface area (Å²) in [5.74, 6) is -4.42. The highest BCUT2D eigenvalue weighted by Gasteiger charge is 2.67. The number of nitrogens with zero attached hydrogens (tertiary/aromatic N) is 1. The van der Waals surface area contributed by atoms with Gasteiger partial charge in [0, 0.05) is 11.6 Å². The largest absolute Gasteiger partial charge is 0.504 e. The van der Waals surface area contributed by atoms with Crippen molar-refractivity contribution in [3.63, 3.8) is 0 Å². The number of carboxylic acid groups (broad SMARTS) is 1. The lowest BCUT2D eigenvalue weighted by Crippen LogP contribution is -2.53. The Hall–Kier alpha value is -3.39. The topological polar surface area (TPSA) is 116 Å². The number of aliphatic carboxylic acids is 1. The van der Waals surface area contributed by atoms with E-state index < -0.39 is 41.2 Å². The number of aromatic hydroxyl groups is 1. The summed E-state index contributed by atoms with van der Waals surface area (Å²) in [4.78, 5) is 40.1. The number of hydrogen-bond acceptors (Lipinski definition) is 6. The Bertz CT molecular complexity index is 1070. The van der Waals surface area contributed by atoms with Gasteiger partial charge in [0.05, 0.1) is 24.6 Å². The zero-order valence-electron chi connectivity index (χ0n) is 16.7. The molecule has 0 saturated carbocycles. The Labute approximate surface area is 173 Å². The molecule has 2 fully saturated rings. The van der Waals surface area contributed by atoms with E-state index >= 15 is 0 Å². The average Bonchev–Trinajstić information content (AvgIpc) is 3.17. The maximum Gasteiger partial charge on any atom is 0.324 e. The molecule has 30 heavy (non-hydrogen) atoms. The van der Waals surface area contributed by atoms with E-state index in [1.54, 1.807) is 49.4 Å². The molecule has 0 spiro atoms. The van der Waals surface area contributed by atoms with Gasteiger partial charge >= 0.3 is 5.97 Å². The number of rotatable bonds is 4. The number of methoxy groups -OCH3 is 1. The molecule has 4 atom stereocenters. The van der Waals surface area contributed by atoms with Gasteiger partial charge in [-0.1, -0.05) is 30.3 Å². The van der Waals surface area contributed by atoms with Crippen molar-refractivity contribution >= 4 is 23.5 Å². The van der Waals surface area contributed by atoms with Gasteiger partial charge in [-0.2, -0.15) is 0 Å². The second-order valence-electron chi connectivity index (χ2n) is 7.83. The highest BCUT2D eigenvalue weighted by molar-refractivity contribution is 6.24. The first-order valence-corrected chi connectivity index (χ1v) is 9.52. The highest BCUT2D eigenvalue weighted by Crippen LogP contribution is 2.52. The van der Waals surface area contributed by atoms with Crippen LogP contribution < -0.4 is 15.0 Å². The molecule has 2 saturated heterocycles. The normalized spacial score (nSPS) is 28.0. The first-order valence-electron chi connectivity index (χ1n) is 9.52. The van der Waals surface area contributed by atoms with Gasteiger partial charge < -0.3 is 14.9 Å². The lowest BCUT2D eigenvalue weighted by Gasteiger charge is -2.28. The molecule has 2 heterocycles. The molecule has 3 N–H and O–H groups in total. The molecule has 8 heteroatoms. The van der Waals surface area contributed by atoms with Gasteiger partial charge in [0.15, 0.2) is 11.5 Å². The number of nitrogens with one attached hydrogen (secondary N) is 1. The number of ether oxygens (including phenoxy) is 1. The number of amides is 2. The second-order valence-corrected chi connectivity index (χ2v) is 7.83. The highest BCUT2D eigenvalue weighted by atomic mass is 16.5. The Morgan fingerprint density at radius 1 is 1.13 bits per heavy atom. The zero-order valence-corrected chi connectivity index (χ0v) is 16.7. The number of fused-ring (bicyclic) bond motifs is 1. The summed E-state index contributed by atoms with van der Waals surface area (Å²) in [6, 6.07) is 10.9. The number of carbonyl (C=O) groups is 3. The van der Waals surface area contributed by atoms with Crippen molar-refractivity contribution in [2.75, 3.05) is 12.0 Å². The van der Waals surface area contributed by atoms with Gasteiger partial charge in [-0.3, -0.25) is 19.7 Å². The van der Waals surface area contributed by atoms with Crippen molar-refractivity contribution in [3.8, 4) is 11.5 Å². The van der Waals surface area contributed by atoms with Crippen LogP contribution in [-0.4, -0.2) is 40.6 Å². The number of imide groups is 1. The van der Waals surface area contributed by atoms with Crippen molar-refractivity contribution in [1.29, 1.82) is 0 Å². The van der Waals surface area contributed by atoms with Crippen LogP contribution in [0.5, 0.6) is 11.5 Å². The summed E-state index contributed by atoms with van der Waals surface area (Å²) in [5.41, 5.74) is -0.218. The van der Waals surface area contributed by atoms with E-state index in [1.807, 2.05) is 0 Å². The number of phenols is 1. The molecule has 0 bridgehead atoms. The fraction of sp³-hybridized carbons (Fsp3) is 0.318. The first kappa shape index (κ1) is 19.9. The molecule has 0 aromatic heterocycles. The van der Waals surface area contributed by atoms with Gasteiger partial charge in [0.1, 0.15) is 5.54 Å². The lowest BCUT2D eigenvalue weighted by atomic mass is 9.80.